The van der Waals surface area contributed by atoms with Gasteiger partial charge in [-0.15, -0.1) is 0 Å². The first-order valence-corrected chi connectivity index (χ1v) is 10.6. The Balaban J connectivity index is 1.55. The average molecular weight is 512 g/mol. The van der Waals surface area contributed by atoms with Crippen molar-refractivity contribution in [1.29, 1.82) is 0 Å². The summed E-state index contributed by atoms with van der Waals surface area (Å²) in [6.45, 7) is 0.384. The molecule has 0 fully saturated rings. The summed E-state index contributed by atoms with van der Waals surface area (Å²) in [5, 5.41) is 6.31. The number of hydrazone groups is 1. The van der Waals surface area contributed by atoms with Gasteiger partial charge in [0.2, 0.25) is 0 Å². The van der Waals surface area contributed by atoms with E-state index in [1.165, 1.54) is 20.4 Å². The summed E-state index contributed by atoms with van der Waals surface area (Å²) in [7, 11) is 3.05. The maximum atomic E-state index is 12.0. The topological polar surface area (TPSA) is 98.2 Å². The van der Waals surface area contributed by atoms with E-state index < -0.39 is 11.8 Å². The molecule has 8 nitrogen and oxygen atoms in total. The molecule has 0 bridgehead atoms. The number of methoxy groups -OCH3 is 2. The Morgan fingerprint density at radius 3 is 2.45 bits per heavy atom. The number of carbonyl (C=O) groups excluding carboxylic acids is 2. The van der Waals surface area contributed by atoms with Gasteiger partial charge in [0.25, 0.3) is 0 Å². The molecular weight excluding hydrogens is 490 g/mol. The van der Waals surface area contributed by atoms with Crippen molar-refractivity contribution in [3.8, 4) is 17.2 Å². The minimum absolute atomic E-state index is 0.384. The summed E-state index contributed by atoms with van der Waals surface area (Å²) in [5.74, 6) is -0.118. The fourth-order valence-corrected chi connectivity index (χ4v) is 2.99. The van der Waals surface area contributed by atoms with E-state index in [-0.39, 0.29) is 0 Å². The Hall–Kier alpha value is -3.85. The van der Waals surface area contributed by atoms with Crippen LogP contribution in [0.4, 0.5) is 5.69 Å². The molecule has 0 aliphatic rings. The second kappa shape index (κ2) is 11.7. The first-order valence-electron chi connectivity index (χ1n) is 9.82. The highest BCUT2D eigenvalue weighted by Gasteiger charge is 2.13. The smallest absolute Gasteiger partial charge is 0.329 e. The summed E-state index contributed by atoms with van der Waals surface area (Å²) in [6, 6.07) is 19.7. The van der Waals surface area contributed by atoms with Gasteiger partial charge in [-0.3, -0.25) is 9.59 Å². The lowest BCUT2D eigenvalue weighted by molar-refractivity contribution is -0.136. The van der Waals surface area contributed by atoms with Gasteiger partial charge in [0.15, 0.2) is 11.5 Å². The van der Waals surface area contributed by atoms with Crippen molar-refractivity contribution < 1.29 is 23.8 Å². The molecule has 9 heteroatoms. The summed E-state index contributed by atoms with van der Waals surface area (Å²) in [6.07, 6.45) is 1.40. The van der Waals surface area contributed by atoms with Gasteiger partial charge in [-0.2, -0.15) is 5.10 Å². The van der Waals surface area contributed by atoms with Gasteiger partial charge in [0.05, 0.1) is 20.4 Å². The quantitative estimate of drug-likeness (QED) is 0.269. The number of rotatable bonds is 8. The van der Waals surface area contributed by atoms with Crippen LogP contribution in [0.1, 0.15) is 11.1 Å². The third kappa shape index (κ3) is 7.08. The molecular formula is C24H22BrN3O5. The van der Waals surface area contributed by atoms with E-state index in [9.17, 15) is 9.59 Å². The minimum atomic E-state index is -0.907. The lowest BCUT2D eigenvalue weighted by Gasteiger charge is -2.11. The summed E-state index contributed by atoms with van der Waals surface area (Å²) in [4.78, 5) is 24.0. The number of amides is 2. The zero-order valence-electron chi connectivity index (χ0n) is 18.0. The second-order valence-corrected chi connectivity index (χ2v) is 7.63. The van der Waals surface area contributed by atoms with Crippen LogP contribution in [0, 0.1) is 0 Å². The molecule has 0 atom stereocenters. The molecule has 33 heavy (non-hydrogen) atoms. The number of hydrogen-bond donors (Lipinski definition) is 2. The Kier molecular flexibility index (Phi) is 8.43. The number of benzene rings is 3. The van der Waals surface area contributed by atoms with E-state index in [0.29, 0.717) is 35.1 Å². The van der Waals surface area contributed by atoms with Crippen molar-refractivity contribution in [1.82, 2.24) is 5.43 Å². The molecule has 0 unspecified atom stereocenters. The van der Waals surface area contributed by atoms with Crippen LogP contribution in [-0.4, -0.2) is 32.2 Å². The fourth-order valence-electron chi connectivity index (χ4n) is 2.73. The Morgan fingerprint density at radius 2 is 1.73 bits per heavy atom. The molecule has 0 aliphatic carbocycles. The molecule has 3 aromatic carbocycles. The molecule has 0 radical (unpaired) electrons. The van der Waals surface area contributed by atoms with Gasteiger partial charge in [0.1, 0.15) is 12.4 Å². The third-order valence-corrected chi connectivity index (χ3v) is 4.94. The first-order chi connectivity index (χ1) is 16.0. The van der Waals surface area contributed by atoms with Gasteiger partial charge < -0.3 is 19.5 Å². The van der Waals surface area contributed by atoms with Crippen molar-refractivity contribution in [2.45, 2.75) is 6.61 Å². The maximum Gasteiger partial charge on any atom is 0.329 e. The van der Waals surface area contributed by atoms with E-state index in [1.54, 1.807) is 42.5 Å². The molecule has 0 aliphatic heterocycles. The van der Waals surface area contributed by atoms with Gasteiger partial charge in [0, 0.05) is 16.2 Å². The van der Waals surface area contributed by atoms with Gasteiger partial charge in [-0.25, -0.2) is 5.43 Å². The molecule has 0 aromatic heterocycles. The van der Waals surface area contributed by atoms with Crippen LogP contribution < -0.4 is 25.0 Å². The predicted octanol–water partition coefficient (Wildman–Crippen LogP) is 4.13. The molecule has 0 spiro atoms. The molecule has 0 heterocycles. The largest absolute Gasteiger partial charge is 0.497 e. The van der Waals surface area contributed by atoms with E-state index in [0.717, 1.165) is 10.0 Å². The number of anilines is 1. The van der Waals surface area contributed by atoms with Crippen LogP contribution in [0.3, 0.4) is 0 Å². The van der Waals surface area contributed by atoms with E-state index in [2.05, 4.69) is 31.8 Å². The summed E-state index contributed by atoms with van der Waals surface area (Å²) < 4.78 is 17.3. The fraction of sp³-hybridized carbons (Fsp3) is 0.125. The number of halogens is 1. The second-order valence-electron chi connectivity index (χ2n) is 6.71. The SMILES string of the molecule is COc1cccc(NC(=O)C(=O)N/N=C\c2ccc(OCc3ccc(Br)cc3)c(OC)c2)c1. The van der Waals surface area contributed by atoms with Gasteiger partial charge >= 0.3 is 11.8 Å². The van der Waals surface area contributed by atoms with Gasteiger partial charge in [-0.05, 0) is 53.6 Å². The van der Waals surface area contributed by atoms with E-state index in [1.807, 2.05) is 24.3 Å². The molecule has 2 amide bonds. The normalized spacial score (nSPS) is 10.5. The summed E-state index contributed by atoms with van der Waals surface area (Å²) >= 11 is 3.40. The van der Waals surface area contributed by atoms with Crippen molar-refractivity contribution in [2.24, 2.45) is 5.10 Å². The highest BCUT2D eigenvalue weighted by Crippen LogP contribution is 2.28. The Bertz CT molecular complexity index is 1150. The average Bonchev–Trinajstić information content (AvgIpc) is 2.84. The highest BCUT2D eigenvalue weighted by molar-refractivity contribution is 9.10. The van der Waals surface area contributed by atoms with Crippen molar-refractivity contribution >= 4 is 39.6 Å². The lowest BCUT2D eigenvalue weighted by Crippen LogP contribution is -2.32. The van der Waals surface area contributed by atoms with Crippen LogP contribution in [0.5, 0.6) is 17.2 Å². The third-order valence-electron chi connectivity index (χ3n) is 4.41. The number of hydrogen-bond acceptors (Lipinski definition) is 6. The minimum Gasteiger partial charge on any atom is -0.497 e. The van der Waals surface area contributed by atoms with Crippen LogP contribution >= 0.6 is 15.9 Å². The molecule has 0 saturated heterocycles. The van der Waals surface area contributed by atoms with Crippen molar-refractivity contribution in [3.63, 3.8) is 0 Å². The maximum absolute atomic E-state index is 12.0. The van der Waals surface area contributed by atoms with E-state index in [4.69, 9.17) is 14.2 Å². The molecule has 0 saturated carbocycles. The Labute approximate surface area is 199 Å². The van der Waals surface area contributed by atoms with Crippen LogP contribution in [0.25, 0.3) is 0 Å². The summed E-state index contributed by atoms with van der Waals surface area (Å²) in [5.41, 5.74) is 4.29. The number of nitrogens with zero attached hydrogens (tertiary/aromatic N) is 1. The predicted molar refractivity (Wildman–Crippen MR) is 129 cm³/mol. The molecule has 2 N–H and O–H groups in total. The van der Waals surface area contributed by atoms with Gasteiger partial charge in [-0.1, -0.05) is 34.1 Å². The molecule has 3 aromatic rings. The lowest BCUT2D eigenvalue weighted by atomic mass is 10.2. The van der Waals surface area contributed by atoms with Crippen molar-refractivity contribution in [2.75, 3.05) is 19.5 Å². The van der Waals surface area contributed by atoms with Crippen LogP contribution in [-0.2, 0) is 16.2 Å². The standard InChI is InChI=1S/C24H22BrN3O5/c1-31-20-5-3-4-19(13-20)27-23(29)24(30)28-26-14-17-8-11-21(22(12-17)32-2)33-15-16-6-9-18(25)10-7-16/h3-14H,15H2,1-2H3,(H,27,29)(H,28,30)/b26-14-. The first kappa shape index (κ1) is 23.8. The van der Waals surface area contributed by atoms with Crippen molar-refractivity contribution in [3.05, 3.63) is 82.3 Å². The Morgan fingerprint density at radius 1 is 0.939 bits per heavy atom. The number of nitrogens with one attached hydrogen (secondary N) is 2. The zero-order valence-corrected chi connectivity index (χ0v) is 19.6. The zero-order chi connectivity index (χ0) is 23.6. The number of ether oxygens (including phenoxy) is 3. The van der Waals surface area contributed by atoms with Crippen LogP contribution in [0.2, 0.25) is 0 Å². The number of carbonyl (C=O) groups is 2. The van der Waals surface area contributed by atoms with E-state index >= 15 is 0 Å². The molecule has 170 valence electrons. The molecule has 3 rings (SSSR count). The van der Waals surface area contributed by atoms with Crippen LogP contribution in [0.15, 0.2) is 76.3 Å². The highest BCUT2D eigenvalue weighted by atomic mass is 79.9. The monoisotopic (exact) mass is 511 g/mol.